The highest BCUT2D eigenvalue weighted by Crippen LogP contribution is 2.18. The van der Waals surface area contributed by atoms with E-state index in [0.29, 0.717) is 37.8 Å². The Morgan fingerprint density at radius 1 is 0.590 bits per heavy atom. The van der Waals surface area contributed by atoms with Crippen LogP contribution in [-0.4, -0.2) is 191 Å². The van der Waals surface area contributed by atoms with Gasteiger partial charge < -0.3 is 108 Å². The number of hydrogen-bond acceptors (Lipinski definition) is 16. The first-order chi connectivity index (χ1) is 39.5. The summed E-state index contributed by atoms with van der Waals surface area (Å²) in [5.74, 6) is -8.86. The van der Waals surface area contributed by atoms with Crippen LogP contribution in [0.25, 0.3) is 0 Å². The molecule has 2 rings (SSSR count). The van der Waals surface area contributed by atoms with Crippen molar-refractivity contribution in [2.75, 3.05) is 45.8 Å². The molecule has 34 nitrogen and oxygen atoms in total. The summed E-state index contributed by atoms with van der Waals surface area (Å²) in [5.41, 5.74) is 34.2. The van der Waals surface area contributed by atoms with Crippen molar-refractivity contribution in [3.63, 3.8) is 0 Å². The van der Waals surface area contributed by atoms with Crippen molar-refractivity contribution in [1.82, 2.24) is 73.4 Å². The second kappa shape index (κ2) is 39.0. The van der Waals surface area contributed by atoms with Crippen molar-refractivity contribution < 1.29 is 48.3 Å². The van der Waals surface area contributed by atoms with Crippen molar-refractivity contribution in [3.8, 4) is 0 Å². The molecule has 0 bridgehead atoms. The van der Waals surface area contributed by atoms with Crippen LogP contribution in [0.3, 0.4) is 0 Å². The summed E-state index contributed by atoms with van der Waals surface area (Å²) in [6, 6.07) is -10.2. The topological polar surface area (TPSA) is 590 Å². The molecule has 1 aliphatic heterocycles. The zero-order valence-corrected chi connectivity index (χ0v) is 47.2. The molecule has 0 saturated carbocycles. The lowest BCUT2D eigenvalue weighted by Crippen LogP contribution is -2.60. The highest BCUT2D eigenvalue weighted by atomic mass is 16.4. The Kier molecular flexibility index (Phi) is 33.1. The van der Waals surface area contributed by atoms with Crippen molar-refractivity contribution in [1.29, 1.82) is 21.6 Å². The molecule has 1 aromatic rings. The summed E-state index contributed by atoms with van der Waals surface area (Å²) in [5, 5.41) is 69.0. The zero-order chi connectivity index (χ0) is 61.9. The summed E-state index contributed by atoms with van der Waals surface area (Å²) in [4.78, 5) is 132. The molecular formula is C49H90N24O10. The number of unbranched alkanes of at least 4 members (excludes halogenated alkanes) is 2. The van der Waals surface area contributed by atoms with Crippen molar-refractivity contribution in [3.05, 3.63) is 18.2 Å². The smallest absolute Gasteiger partial charge is 0.326 e. The van der Waals surface area contributed by atoms with Gasteiger partial charge in [0.25, 0.3) is 0 Å². The Hall–Kier alpha value is -8.56. The number of carboxylic acid groups (broad SMARTS) is 1. The van der Waals surface area contributed by atoms with E-state index in [2.05, 4.69) is 68.5 Å². The molecule has 8 atom stereocenters. The van der Waals surface area contributed by atoms with Crippen LogP contribution in [0.15, 0.2) is 12.5 Å². The lowest BCUT2D eigenvalue weighted by molar-refractivity contribution is -0.142. The van der Waals surface area contributed by atoms with Gasteiger partial charge in [0.15, 0.2) is 23.8 Å². The maximum Gasteiger partial charge on any atom is 0.326 e. The van der Waals surface area contributed by atoms with Gasteiger partial charge in [-0.25, -0.2) is 9.78 Å². The number of imidazole rings is 1. The second-order valence-electron chi connectivity index (χ2n) is 19.9. The number of amides is 8. The predicted octanol–water partition coefficient (Wildman–Crippen LogP) is -6.25. The van der Waals surface area contributed by atoms with Crippen LogP contribution in [0.1, 0.15) is 115 Å². The van der Waals surface area contributed by atoms with E-state index in [0.717, 1.165) is 0 Å². The average molecular weight is 1180 g/mol. The van der Waals surface area contributed by atoms with Gasteiger partial charge in [0.05, 0.1) is 24.6 Å². The first-order valence-electron chi connectivity index (χ1n) is 27.8. The molecule has 0 radical (unpaired) electrons. The Morgan fingerprint density at radius 2 is 0.988 bits per heavy atom. The number of carboxylic acids is 1. The Morgan fingerprint density at radius 3 is 1.36 bits per heavy atom. The number of hydrogen-bond donors (Lipinski definition) is 23. The maximum atomic E-state index is 14.5. The fourth-order valence-electron chi connectivity index (χ4n) is 8.70. The number of likely N-dealkylation sites (tertiary alicyclic amines) is 1. The molecule has 83 heavy (non-hydrogen) atoms. The molecule has 2 heterocycles. The van der Waals surface area contributed by atoms with E-state index in [9.17, 15) is 48.3 Å². The fourth-order valence-corrected chi connectivity index (χ4v) is 8.70. The average Bonchev–Trinajstić information content (AvgIpc) is 4.26. The number of H-pyrrole nitrogens is 1. The van der Waals surface area contributed by atoms with Crippen LogP contribution in [-0.2, 0) is 49.6 Å². The monoisotopic (exact) mass is 1170 g/mol. The van der Waals surface area contributed by atoms with Gasteiger partial charge in [-0.15, -0.1) is 0 Å². The number of rotatable bonds is 41. The number of nitrogens with one attached hydrogen (secondary N) is 16. The molecule has 0 spiro atoms. The summed E-state index contributed by atoms with van der Waals surface area (Å²) in [6.07, 6.45) is 5.96. The molecule has 1 aliphatic rings. The molecule has 0 aliphatic carbocycles. The highest BCUT2D eigenvalue weighted by Gasteiger charge is 2.38. The van der Waals surface area contributed by atoms with Crippen LogP contribution >= 0.6 is 0 Å². The van der Waals surface area contributed by atoms with Gasteiger partial charge in [0.1, 0.15) is 42.3 Å². The fraction of sp³-hybridized carbons (Fsp3) is 0.673. The number of guanidine groups is 4. The van der Waals surface area contributed by atoms with Crippen LogP contribution in [0, 0.1) is 21.6 Å². The Bertz CT molecular complexity index is 2310. The molecular weight excluding hydrogens is 1080 g/mol. The van der Waals surface area contributed by atoms with Crippen LogP contribution in [0.2, 0.25) is 0 Å². The van der Waals surface area contributed by atoms with Gasteiger partial charge in [0, 0.05) is 45.3 Å². The molecule has 8 amide bonds. The SMILES string of the molecule is CCCC[C@H](NC(=O)[C@H](CCCNC(=N)N)NC(=O)[C@H](CCCNC(=N)N)NC(=O)[C@H](CCCNC(=N)N)NC(=O)[C@H](CCCCN)NC(=O)[C@H](CCCNC(=N)N)NC(=O)[C@@H]1CCCN1C(=O)CNC(=O)[C@@H](N)Cc1c[nH]cn1)C(=O)O. The largest absolute Gasteiger partial charge is 0.480 e. The van der Waals surface area contributed by atoms with Crippen molar-refractivity contribution in [2.45, 2.75) is 164 Å². The molecule has 1 saturated heterocycles. The van der Waals surface area contributed by atoms with E-state index < -0.39 is 108 Å². The normalized spacial score (nSPS) is 15.2. The number of aliphatic carboxylic acids is 1. The number of aromatic amines is 1. The minimum Gasteiger partial charge on any atom is -0.480 e. The number of carbonyl (C=O) groups excluding carboxylic acids is 8. The summed E-state index contributed by atoms with van der Waals surface area (Å²) in [6.45, 7) is 2.14. The third kappa shape index (κ3) is 28.6. The minimum absolute atomic E-state index is 0.00963. The van der Waals surface area contributed by atoms with Crippen molar-refractivity contribution in [2.24, 2.45) is 34.4 Å². The predicted molar refractivity (Wildman–Crippen MR) is 306 cm³/mol. The molecule has 34 heteroatoms. The van der Waals surface area contributed by atoms with Gasteiger partial charge in [-0.1, -0.05) is 19.8 Å². The standard InChI is InChI=1S/C49H90N24O10/c1-2-3-11-35(45(82)83)72-43(80)33(15-8-21-63-48(56)57)70-41(78)32(14-7-20-62-47(54)55)69-40(77)31(13-6-19-61-46(52)53)68-39(76)30(12-4-5-18-50)67-42(79)34(16-9-22-64-49(58)59)71-44(81)36-17-10-23-73(36)37(74)26-65-38(75)29(51)24-28-25-60-27-66-28/h25,27,29-36H,2-24,26,50-51H2,1H3,(H,60,66)(H,65,75)(H,67,79)(H,68,76)(H,69,77)(H,70,78)(H,71,81)(H,72,80)(H,82,83)(H4,52,53,61)(H4,54,55,62)(H4,56,57,63)(H4,58,59,64)/t29-,30-,31-,32-,33-,34-,35-,36-/m0/s1. The zero-order valence-electron chi connectivity index (χ0n) is 47.2. The number of nitrogens with two attached hydrogens (primary N) is 6. The van der Waals surface area contributed by atoms with E-state index in [1.807, 2.05) is 6.92 Å². The number of nitrogens with zero attached hydrogens (tertiary/aromatic N) is 2. The first kappa shape index (κ1) is 70.5. The van der Waals surface area contributed by atoms with Gasteiger partial charge in [0.2, 0.25) is 47.3 Å². The molecule has 0 unspecified atom stereocenters. The maximum absolute atomic E-state index is 14.5. The quantitative estimate of drug-likeness (QED) is 0.0165. The van der Waals surface area contributed by atoms with Gasteiger partial charge in [-0.3, -0.25) is 60.0 Å². The van der Waals surface area contributed by atoms with Crippen LogP contribution < -0.4 is 92.9 Å². The first-order valence-corrected chi connectivity index (χ1v) is 27.8. The molecule has 1 fully saturated rings. The van der Waals surface area contributed by atoms with E-state index in [1.54, 1.807) is 6.20 Å². The minimum atomic E-state index is -1.43. The lowest BCUT2D eigenvalue weighted by atomic mass is 10.0. The number of carbonyl (C=O) groups is 9. The third-order valence-corrected chi connectivity index (χ3v) is 13.1. The summed E-state index contributed by atoms with van der Waals surface area (Å²) >= 11 is 0. The summed E-state index contributed by atoms with van der Waals surface area (Å²) in [7, 11) is 0. The van der Waals surface area contributed by atoms with Crippen LogP contribution in [0.5, 0.6) is 0 Å². The van der Waals surface area contributed by atoms with E-state index in [4.69, 9.17) is 56.0 Å². The Balaban J connectivity index is 2.47. The van der Waals surface area contributed by atoms with E-state index >= 15 is 0 Å². The molecule has 466 valence electrons. The van der Waals surface area contributed by atoms with Gasteiger partial charge >= 0.3 is 5.97 Å². The van der Waals surface area contributed by atoms with Crippen molar-refractivity contribution >= 4 is 77.1 Å². The molecule has 29 N–H and O–H groups in total. The third-order valence-electron chi connectivity index (χ3n) is 13.1. The van der Waals surface area contributed by atoms with E-state index in [1.165, 1.54) is 11.2 Å². The molecule has 1 aromatic heterocycles. The van der Waals surface area contributed by atoms with Gasteiger partial charge in [-0.2, -0.15) is 0 Å². The van der Waals surface area contributed by atoms with Gasteiger partial charge in [-0.05, 0) is 96.4 Å². The van der Waals surface area contributed by atoms with E-state index in [-0.39, 0.29) is 140 Å². The van der Waals surface area contributed by atoms with Crippen LogP contribution in [0.4, 0.5) is 0 Å². The Labute approximate surface area is 481 Å². The number of aromatic nitrogens is 2. The molecule has 0 aromatic carbocycles. The second-order valence-corrected chi connectivity index (χ2v) is 19.9. The summed E-state index contributed by atoms with van der Waals surface area (Å²) < 4.78 is 0. The highest BCUT2D eigenvalue weighted by molar-refractivity contribution is 5.98. The lowest BCUT2D eigenvalue weighted by Gasteiger charge is -2.29.